The molecule has 0 amide bonds. The number of isocyanates is 1. The number of carboxylic acids is 1. The Hall–Kier alpha value is -2.20. The van der Waals surface area contributed by atoms with Crippen LogP contribution in [0.25, 0.3) is 0 Å². The molecule has 2 rings (SSSR count). The monoisotopic (exact) mass is 265 g/mol. The highest BCUT2D eigenvalue weighted by Gasteiger charge is 2.40. The number of rotatable bonds is 4. The van der Waals surface area contributed by atoms with Crippen LogP contribution in [0.2, 0.25) is 0 Å². The van der Waals surface area contributed by atoms with E-state index in [0.717, 1.165) is 6.42 Å². The summed E-state index contributed by atoms with van der Waals surface area (Å²) < 4.78 is 18.6. The van der Waals surface area contributed by atoms with E-state index in [1.165, 1.54) is 25.3 Å². The molecular formula is C13H12FNO4. The summed E-state index contributed by atoms with van der Waals surface area (Å²) in [5, 5.41) is 9.08. The molecular weight excluding hydrogens is 253 g/mol. The zero-order valence-corrected chi connectivity index (χ0v) is 10.3. The number of hydrogen-bond acceptors (Lipinski definition) is 4. The summed E-state index contributed by atoms with van der Waals surface area (Å²) in [6.45, 7) is 0. The van der Waals surface area contributed by atoms with Crippen molar-refractivity contribution in [1.29, 1.82) is 0 Å². The van der Waals surface area contributed by atoms with Crippen molar-refractivity contribution in [2.24, 2.45) is 4.99 Å². The highest BCUT2D eigenvalue weighted by atomic mass is 19.1. The first-order valence-electron chi connectivity index (χ1n) is 5.74. The Kier molecular flexibility index (Phi) is 3.36. The summed E-state index contributed by atoms with van der Waals surface area (Å²) >= 11 is 0. The van der Waals surface area contributed by atoms with Crippen LogP contribution in [0.3, 0.4) is 0 Å². The lowest BCUT2D eigenvalue weighted by Gasteiger charge is -2.37. The standard InChI is InChI=1S/C13H12FNO4/c1-19-11-9(12(17)18)5-8(6-10(11)14)13(15-7-16)3-2-4-13/h5-6H,2-4H2,1H3,(H,17,18). The van der Waals surface area contributed by atoms with Gasteiger partial charge in [0.05, 0.1) is 12.6 Å². The molecule has 100 valence electrons. The summed E-state index contributed by atoms with van der Waals surface area (Å²) in [7, 11) is 1.20. The Morgan fingerprint density at radius 2 is 2.21 bits per heavy atom. The highest BCUT2D eigenvalue weighted by molar-refractivity contribution is 5.91. The van der Waals surface area contributed by atoms with Gasteiger partial charge in [-0.2, -0.15) is 4.99 Å². The van der Waals surface area contributed by atoms with E-state index >= 15 is 0 Å². The SMILES string of the molecule is COc1c(F)cc(C2(N=C=O)CCC2)cc1C(=O)O. The van der Waals surface area contributed by atoms with Crippen LogP contribution in [0.4, 0.5) is 4.39 Å². The maximum atomic E-state index is 13.9. The van der Waals surface area contributed by atoms with Crippen molar-refractivity contribution < 1.29 is 23.8 Å². The predicted octanol–water partition coefficient (Wildman–Crippen LogP) is 2.25. The molecule has 1 N–H and O–H groups in total. The van der Waals surface area contributed by atoms with Gasteiger partial charge in [0, 0.05) is 0 Å². The second-order valence-corrected chi connectivity index (χ2v) is 4.43. The van der Waals surface area contributed by atoms with Gasteiger partial charge in [-0.3, -0.25) is 0 Å². The Labute approximate surface area is 108 Å². The van der Waals surface area contributed by atoms with E-state index in [1.54, 1.807) is 0 Å². The minimum absolute atomic E-state index is 0.273. The summed E-state index contributed by atoms with van der Waals surface area (Å²) in [6.07, 6.45) is 3.48. The van der Waals surface area contributed by atoms with Gasteiger partial charge in [-0.25, -0.2) is 14.0 Å². The molecule has 0 aromatic heterocycles. The summed E-state index contributed by atoms with van der Waals surface area (Å²) in [5.74, 6) is -2.38. The zero-order chi connectivity index (χ0) is 14.0. The van der Waals surface area contributed by atoms with Gasteiger partial charge in [-0.05, 0) is 37.0 Å². The van der Waals surface area contributed by atoms with Gasteiger partial charge in [0.25, 0.3) is 0 Å². The summed E-state index contributed by atoms with van der Waals surface area (Å²) in [5.41, 5.74) is -0.735. The minimum atomic E-state index is -1.29. The Morgan fingerprint density at radius 3 is 2.63 bits per heavy atom. The second-order valence-electron chi connectivity index (χ2n) is 4.43. The van der Waals surface area contributed by atoms with Gasteiger partial charge in [0.1, 0.15) is 5.56 Å². The van der Waals surface area contributed by atoms with Crippen molar-refractivity contribution in [1.82, 2.24) is 0 Å². The number of carboxylic acid groups (broad SMARTS) is 1. The molecule has 0 heterocycles. The lowest BCUT2D eigenvalue weighted by atomic mass is 9.72. The number of hydrogen-bond donors (Lipinski definition) is 1. The van der Waals surface area contributed by atoms with E-state index < -0.39 is 17.3 Å². The van der Waals surface area contributed by atoms with Crippen molar-refractivity contribution in [3.63, 3.8) is 0 Å². The van der Waals surface area contributed by atoms with E-state index in [2.05, 4.69) is 4.99 Å². The first kappa shape index (κ1) is 13.2. The van der Waals surface area contributed by atoms with Crippen LogP contribution in [0, 0.1) is 5.82 Å². The van der Waals surface area contributed by atoms with Crippen molar-refractivity contribution in [3.8, 4) is 5.75 Å². The number of carbonyl (C=O) groups excluding carboxylic acids is 1. The molecule has 6 heteroatoms. The number of carbonyl (C=O) groups is 1. The van der Waals surface area contributed by atoms with Crippen LogP contribution in [0.15, 0.2) is 17.1 Å². The van der Waals surface area contributed by atoms with Crippen LogP contribution < -0.4 is 4.74 Å². The topological polar surface area (TPSA) is 76.0 Å². The van der Waals surface area contributed by atoms with E-state index in [-0.39, 0.29) is 11.3 Å². The molecule has 1 aromatic carbocycles. The van der Waals surface area contributed by atoms with E-state index in [4.69, 9.17) is 9.84 Å². The largest absolute Gasteiger partial charge is 0.493 e. The van der Waals surface area contributed by atoms with Crippen molar-refractivity contribution in [3.05, 3.63) is 29.1 Å². The molecule has 0 unspecified atom stereocenters. The Balaban J connectivity index is 2.60. The molecule has 0 spiro atoms. The third-order valence-electron chi connectivity index (χ3n) is 3.46. The first-order chi connectivity index (χ1) is 9.04. The smallest absolute Gasteiger partial charge is 0.339 e. The lowest BCUT2D eigenvalue weighted by molar-refractivity contribution is 0.0692. The molecule has 0 atom stereocenters. The quantitative estimate of drug-likeness (QED) is 0.669. The number of aliphatic imine (C=N–C) groups is 1. The van der Waals surface area contributed by atoms with Gasteiger partial charge in [-0.1, -0.05) is 0 Å². The van der Waals surface area contributed by atoms with Gasteiger partial charge in [0.15, 0.2) is 11.6 Å². The average molecular weight is 265 g/mol. The fourth-order valence-electron chi connectivity index (χ4n) is 2.29. The van der Waals surface area contributed by atoms with Gasteiger partial charge in [-0.15, -0.1) is 0 Å². The van der Waals surface area contributed by atoms with Gasteiger partial charge >= 0.3 is 5.97 Å². The minimum Gasteiger partial charge on any atom is -0.493 e. The predicted molar refractivity (Wildman–Crippen MR) is 63.6 cm³/mol. The molecule has 1 aliphatic rings. The molecule has 5 nitrogen and oxygen atoms in total. The number of nitrogens with zero attached hydrogens (tertiary/aromatic N) is 1. The fraction of sp³-hybridized carbons (Fsp3) is 0.385. The molecule has 0 aliphatic heterocycles. The second kappa shape index (κ2) is 4.82. The lowest BCUT2D eigenvalue weighted by Crippen LogP contribution is -2.32. The molecule has 1 saturated carbocycles. The Morgan fingerprint density at radius 1 is 1.53 bits per heavy atom. The zero-order valence-electron chi connectivity index (χ0n) is 10.3. The normalized spacial score (nSPS) is 16.1. The van der Waals surface area contributed by atoms with E-state index in [0.29, 0.717) is 18.4 Å². The number of halogens is 1. The summed E-state index contributed by atoms with van der Waals surface area (Å²) in [6, 6.07) is 2.48. The Bertz CT molecular complexity index is 574. The van der Waals surface area contributed by atoms with E-state index in [1.807, 2.05) is 0 Å². The highest BCUT2D eigenvalue weighted by Crippen LogP contribution is 2.46. The van der Waals surface area contributed by atoms with Gasteiger partial charge < -0.3 is 9.84 Å². The maximum absolute atomic E-state index is 13.9. The first-order valence-corrected chi connectivity index (χ1v) is 5.74. The summed E-state index contributed by atoms with van der Waals surface area (Å²) in [4.78, 5) is 25.3. The molecule has 0 bridgehead atoms. The van der Waals surface area contributed by atoms with Crippen molar-refractivity contribution >= 4 is 12.0 Å². The maximum Gasteiger partial charge on any atom is 0.339 e. The average Bonchev–Trinajstić information content (AvgIpc) is 2.32. The number of benzene rings is 1. The molecule has 19 heavy (non-hydrogen) atoms. The van der Waals surface area contributed by atoms with Crippen LogP contribution in [0.1, 0.15) is 35.2 Å². The number of methoxy groups -OCH3 is 1. The van der Waals surface area contributed by atoms with Crippen LogP contribution >= 0.6 is 0 Å². The fourth-order valence-corrected chi connectivity index (χ4v) is 2.29. The van der Waals surface area contributed by atoms with E-state index in [9.17, 15) is 14.0 Å². The third-order valence-corrected chi connectivity index (χ3v) is 3.46. The number of aromatic carboxylic acids is 1. The van der Waals surface area contributed by atoms with Crippen LogP contribution in [-0.2, 0) is 10.3 Å². The molecule has 1 fully saturated rings. The molecule has 1 aliphatic carbocycles. The number of ether oxygens (including phenoxy) is 1. The third kappa shape index (κ3) is 2.11. The van der Waals surface area contributed by atoms with Crippen molar-refractivity contribution in [2.75, 3.05) is 7.11 Å². The molecule has 1 aromatic rings. The van der Waals surface area contributed by atoms with Gasteiger partial charge in [0.2, 0.25) is 6.08 Å². The van der Waals surface area contributed by atoms with Crippen molar-refractivity contribution in [2.45, 2.75) is 24.8 Å². The molecule has 0 saturated heterocycles. The molecule has 0 radical (unpaired) electrons. The van der Waals surface area contributed by atoms with Crippen LogP contribution in [0.5, 0.6) is 5.75 Å². The van der Waals surface area contributed by atoms with Crippen LogP contribution in [-0.4, -0.2) is 24.3 Å².